The van der Waals surface area contributed by atoms with Gasteiger partial charge in [-0.1, -0.05) is 51.8 Å². The summed E-state index contributed by atoms with van der Waals surface area (Å²) in [5, 5.41) is 11.9. The van der Waals surface area contributed by atoms with Gasteiger partial charge in [-0.15, -0.1) is 0 Å². The number of rotatable bonds is 9. The first-order valence-electron chi connectivity index (χ1n) is 14.2. The SMILES string of the molecule is CCOC(=O)C[C@H](NC(=O)C(c1cccc(Br)c1)n1cc(Cl)c(C(F)(F)F)cc1=O)c1cc(-c2c(C)cccc2O)cc(C(F)(F)F)c1F. The molecule has 0 radical (unpaired) electrons. The number of nitrogens with one attached hydrogen (secondary N) is 1. The van der Waals surface area contributed by atoms with E-state index in [4.69, 9.17) is 16.3 Å². The molecule has 0 spiro atoms. The Morgan fingerprint density at radius 3 is 2.24 bits per heavy atom. The highest BCUT2D eigenvalue weighted by molar-refractivity contribution is 9.10. The van der Waals surface area contributed by atoms with Crippen molar-refractivity contribution in [2.24, 2.45) is 0 Å². The molecule has 0 saturated heterocycles. The molecule has 0 aliphatic carbocycles. The van der Waals surface area contributed by atoms with Crippen LogP contribution in [-0.2, 0) is 26.7 Å². The van der Waals surface area contributed by atoms with E-state index in [0.717, 1.165) is 6.07 Å². The van der Waals surface area contributed by atoms with Gasteiger partial charge in [0.25, 0.3) is 5.56 Å². The summed E-state index contributed by atoms with van der Waals surface area (Å²) in [6, 6.07) is 7.59. The van der Waals surface area contributed by atoms with Crippen LogP contribution in [0, 0.1) is 12.7 Å². The van der Waals surface area contributed by atoms with Gasteiger partial charge in [0.05, 0.1) is 35.2 Å². The molecule has 0 aliphatic rings. The summed E-state index contributed by atoms with van der Waals surface area (Å²) in [5.41, 5.74) is -5.52. The Morgan fingerprint density at radius 1 is 1.00 bits per heavy atom. The summed E-state index contributed by atoms with van der Waals surface area (Å²) in [4.78, 5) is 39.9. The summed E-state index contributed by atoms with van der Waals surface area (Å²) >= 11 is 9.09. The lowest BCUT2D eigenvalue weighted by molar-refractivity contribution is -0.144. The molecule has 1 heterocycles. The number of benzene rings is 3. The molecule has 0 fully saturated rings. The van der Waals surface area contributed by atoms with Gasteiger partial charge in [0.15, 0.2) is 0 Å². The van der Waals surface area contributed by atoms with E-state index < -0.39 is 81.6 Å². The monoisotopic (exact) mass is 776 g/mol. The fourth-order valence-corrected chi connectivity index (χ4v) is 5.89. The number of aromatic hydroxyl groups is 1. The van der Waals surface area contributed by atoms with Crippen LogP contribution in [0.1, 0.15) is 53.2 Å². The lowest BCUT2D eigenvalue weighted by atomic mass is 9.91. The van der Waals surface area contributed by atoms with E-state index in [0.29, 0.717) is 26.9 Å². The van der Waals surface area contributed by atoms with Gasteiger partial charge < -0.3 is 15.2 Å². The number of carbonyl (C=O) groups is 2. The minimum atomic E-state index is -5.28. The topological polar surface area (TPSA) is 97.6 Å². The zero-order chi connectivity index (χ0) is 36.4. The number of amides is 1. The zero-order valence-corrected chi connectivity index (χ0v) is 27.7. The maximum Gasteiger partial charge on any atom is 0.419 e. The van der Waals surface area contributed by atoms with Crippen LogP contribution in [0.15, 0.2) is 76.1 Å². The Kier molecular flexibility index (Phi) is 11.2. The molecule has 1 amide bonds. The second-order valence-corrected chi connectivity index (χ2v) is 12.0. The third kappa shape index (κ3) is 8.44. The average Bonchev–Trinajstić information content (AvgIpc) is 2.98. The number of pyridine rings is 1. The second kappa shape index (κ2) is 14.6. The molecular weight excluding hydrogens is 753 g/mol. The van der Waals surface area contributed by atoms with Crippen molar-refractivity contribution in [3.63, 3.8) is 0 Å². The zero-order valence-electron chi connectivity index (χ0n) is 25.3. The Bertz CT molecular complexity index is 1940. The molecule has 0 bridgehead atoms. The molecule has 1 unspecified atom stereocenters. The number of esters is 1. The maximum atomic E-state index is 15.9. The Hall–Kier alpha value is -4.37. The standard InChI is InChI=1S/C33H25BrClF7N2O5/c1-3-49-27(47)14-24(20-11-18(12-22(29(20)36)33(40,41)42)28-16(2)6-4-9-25(28)45)43-31(48)30(17-7-5-8-19(34)10-17)44-15-23(35)21(13-26(44)46)32(37,38)39/h4-13,15,24,30,45H,3,14H2,1-2H3,(H,43,48)/t24-,30?/m0/s1. The van der Waals surface area contributed by atoms with E-state index >= 15 is 4.39 Å². The van der Waals surface area contributed by atoms with E-state index in [1.54, 1.807) is 0 Å². The van der Waals surface area contributed by atoms with Crippen LogP contribution < -0.4 is 10.9 Å². The molecule has 49 heavy (non-hydrogen) atoms. The smallest absolute Gasteiger partial charge is 0.419 e. The van der Waals surface area contributed by atoms with Crippen molar-refractivity contribution in [3.8, 4) is 16.9 Å². The molecule has 3 aromatic carbocycles. The largest absolute Gasteiger partial charge is 0.507 e. The number of nitrogens with zero attached hydrogens (tertiary/aromatic N) is 1. The number of phenols is 1. The van der Waals surface area contributed by atoms with Gasteiger partial charge in [-0.05, 0) is 60.9 Å². The Balaban J connectivity index is 1.95. The molecule has 1 aromatic heterocycles. The molecular formula is C33H25BrClF7N2O5. The highest BCUT2D eigenvalue weighted by Crippen LogP contribution is 2.41. The molecule has 260 valence electrons. The number of hydrogen-bond donors (Lipinski definition) is 2. The van der Waals surface area contributed by atoms with Crippen LogP contribution in [0.3, 0.4) is 0 Å². The number of phenolic OH excluding ortho intramolecular Hbond substituents is 1. The third-order valence-electron chi connectivity index (χ3n) is 7.34. The minimum Gasteiger partial charge on any atom is -0.507 e. The van der Waals surface area contributed by atoms with Crippen molar-refractivity contribution in [3.05, 3.63) is 120 Å². The normalized spacial score (nSPS) is 13.1. The van der Waals surface area contributed by atoms with E-state index in [1.165, 1.54) is 56.3 Å². The van der Waals surface area contributed by atoms with E-state index in [-0.39, 0.29) is 29.4 Å². The molecule has 16 heteroatoms. The summed E-state index contributed by atoms with van der Waals surface area (Å²) < 4.78 is 105. The van der Waals surface area contributed by atoms with Gasteiger partial charge in [0.2, 0.25) is 5.91 Å². The average molecular weight is 778 g/mol. The first kappa shape index (κ1) is 37.4. The highest BCUT2D eigenvalue weighted by Gasteiger charge is 2.39. The number of halogens is 9. The number of ether oxygens (including phenoxy) is 1. The maximum absolute atomic E-state index is 15.9. The van der Waals surface area contributed by atoms with E-state index in [9.17, 15) is 45.8 Å². The Labute approximate surface area is 287 Å². The van der Waals surface area contributed by atoms with Crippen LogP contribution in [0.4, 0.5) is 30.7 Å². The molecule has 0 saturated carbocycles. The fourth-order valence-electron chi connectivity index (χ4n) is 5.21. The third-order valence-corrected chi connectivity index (χ3v) is 8.14. The van der Waals surface area contributed by atoms with E-state index in [2.05, 4.69) is 21.2 Å². The minimum absolute atomic E-state index is 0.00489. The summed E-state index contributed by atoms with van der Waals surface area (Å²) in [6.07, 6.45) is -10.7. The summed E-state index contributed by atoms with van der Waals surface area (Å²) in [5.74, 6) is -4.58. The predicted octanol–water partition coefficient (Wildman–Crippen LogP) is 8.52. The fraction of sp³-hybridized carbons (Fsp3) is 0.242. The second-order valence-electron chi connectivity index (χ2n) is 10.7. The Morgan fingerprint density at radius 2 is 1.65 bits per heavy atom. The van der Waals surface area contributed by atoms with Gasteiger partial charge in [-0.2, -0.15) is 26.3 Å². The summed E-state index contributed by atoms with van der Waals surface area (Å²) in [6.45, 7) is 2.73. The number of aromatic nitrogens is 1. The lowest BCUT2D eigenvalue weighted by Crippen LogP contribution is -2.40. The molecule has 0 aliphatic heterocycles. The molecule has 2 atom stereocenters. The van der Waals surface area contributed by atoms with Crippen LogP contribution in [0.5, 0.6) is 5.75 Å². The van der Waals surface area contributed by atoms with Crippen molar-refractivity contribution < 1.29 is 50.2 Å². The quantitative estimate of drug-likeness (QED) is 0.131. The van der Waals surface area contributed by atoms with Gasteiger partial charge in [-0.25, -0.2) is 4.39 Å². The first-order chi connectivity index (χ1) is 22.8. The number of carbonyl (C=O) groups excluding carboxylic acids is 2. The number of aryl methyl sites for hydroxylation is 1. The molecule has 2 N–H and O–H groups in total. The van der Waals surface area contributed by atoms with Crippen molar-refractivity contribution in [1.82, 2.24) is 9.88 Å². The predicted molar refractivity (Wildman–Crippen MR) is 168 cm³/mol. The van der Waals surface area contributed by atoms with Gasteiger partial charge in [-0.3, -0.25) is 19.0 Å². The number of alkyl halides is 6. The highest BCUT2D eigenvalue weighted by atomic mass is 79.9. The molecule has 7 nitrogen and oxygen atoms in total. The molecule has 4 aromatic rings. The first-order valence-corrected chi connectivity index (χ1v) is 15.4. The van der Waals surface area contributed by atoms with Crippen molar-refractivity contribution in [2.45, 2.75) is 44.7 Å². The van der Waals surface area contributed by atoms with Crippen LogP contribution in [0.25, 0.3) is 11.1 Å². The van der Waals surface area contributed by atoms with Crippen LogP contribution in [-0.4, -0.2) is 28.2 Å². The van der Waals surface area contributed by atoms with Gasteiger partial charge in [0.1, 0.15) is 17.6 Å². The number of hydrogen-bond acceptors (Lipinski definition) is 5. The van der Waals surface area contributed by atoms with Crippen molar-refractivity contribution >= 4 is 39.4 Å². The van der Waals surface area contributed by atoms with Gasteiger partial charge in [0, 0.05) is 27.9 Å². The van der Waals surface area contributed by atoms with Gasteiger partial charge >= 0.3 is 18.3 Å². The van der Waals surface area contributed by atoms with Crippen LogP contribution in [0.2, 0.25) is 5.02 Å². The molecule has 4 rings (SSSR count). The van der Waals surface area contributed by atoms with Crippen LogP contribution >= 0.6 is 27.5 Å². The van der Waals surface area contributed by atoms with Crippen molar-refractivity contribution in [2.75, 3.05) is 6.61 Å². The lowest BCUT2D eigenvalue weighted by Gasteiger charge is -2.26. The van der Waals surface area contributed by atoms with E-state index in [1.807, 2.05) is 0 Å². The van der Waals surface area contributed by atoms with Crippen molar-refractivity contribution in [1.29, 1.82) is 0 Å². The summed E-state index contributed by atoms with van der Waals surface area (Å²) in [7, 11) is 0.